The van der Waals surface area contributed by atoms with E-state index >= 15 is 0 Å². The largest absolute Gasteiger partial charge is 0.484 e. The fraction of sp³-hybridized carbons (Fsp3) is 0.333. The van der Waals surface area contributed by atoms with Gasteiger partial charge in [0, 0.05) is 13.1 Å². The van der Waals surface area contributed by atoms with Gasteiger partial charge in [-0.05, 0) is 37.5 Å². The van der Waals surface area contributed by atoms with Crippen LogP contribution < -0.4 is 10.1 Å². The molecule has 0 saturated carbocycles. The second-order valence-electron chi connectivity index (χ2n) is 6.55. The molecular weight excluding hydrogens is 328 g/mol. The molecule has 1 fully saturated rings. The van der Waals surface area contributed by atoms with E-state index in [0.717, 1.165) is 17.5 Å². The van der Waals surface area contributed by atoms with E-state index in [1.807, 2.05) is 61.5 Å². The maximum atomic E-state index is 12.5. The number of carbonyl (C=O) groups excluding carboxylic acids is 2. The third-order valence-corrected chi connectivity index (χ3v) is 4.57. The monoisotopic (exact) mass is 352 g/mol. The van der Waals surface area contributed by atoms with Crippen molar-refractivity contribution in [2.75, 3.05) is 13.2 Å². The molecule has 1 aliphatic heterocycles. The summed E-state index contributed by atoms with van der Waals surface area (Å²) in [6.45, 7) is 3.01. The molecule has 136 valence electrons. The number of aryl methyl sites for hydroxylation is 1. The number of ether oxygens (including phenoxy) is 1. The Morgan fingerprint density at radius 3 is 2.58 bits per heavy atom. The van der Waals surface area contributed by atoms with E-state index < -0.39 is 6.04 Å². The maximum Gasteiger partial charge on any atom is 0.261 e. The zero-order valence-electron chi connectivity index (χ0n) is 15.0. The number of carbonyl (C=O) groups is 2. The van der Waals surface area contributed by atoms with Crippen LogP contribution >= 0.6 is 0 Å². The summed E-state index contributed by atoms with van der Waals surface area (Å²) < 4.78 is 5.57. The second kappa shape index (κ2) is 8.52. The van der Waals surface area contributed by atoms with Crippen molar-refractivity contribution in [3.05, 3.63) is 65.7 Å². The predicted octanol–water partition coefficient (Wildman–Crippen LogP) is 2.68. The summed E-state index contributed by atoms with van der Waals surface area (Å²) in [6, 6.07) is 16.9. The average molecular weight is 352 g/mol. The van der Waals surface area contributed by atoms with E-state index in [9.17, 15) is 9.59 Å². The van der Waals surface area contributed by atoms with Gasteiger partial charge >= 0.3 is 0 Å². The van der Waals surface area contributed by atoms with E-state index in [-0.39, 0.29) is 18.4 Å². The van der Waals surface area contributed by atoms with E-state index in [1.165, 1.54) is 0 Å². The fourth-order valence-electron chi connectivity index (χ4n) is 3.10. The molecule has 26 heavy (non-hydrogen) atoms. The molecule has 1 saturated heterocycles. The SMILES string of the molecule is Cc1ccc(OCC(=O)N2CCC[C@H]2C(=O)NCc2ccccc2)cc1. The van der Waals surface area contributed by atoms with Crippen molar-refractivity contribution in [3.63, 3.8) is 0 Å². The first kappa shape index (κ1) is 18.0. The Bertz CT molecular complexity index is 744. The number of benzene rings is 2. The second-order valence-corrected chi connectivity index (χ2v) is 6.55. The molecule has 0 aliphatic carbocycles. The van der Waals surface area contributed by atoms with Gasteiger partial charge in [0.2, 0.25) is 5.91 Å². The summed E-state index contributed by atoms with van der Waals surface area (Å²) >= 11 is 0. The first-order valence-electron chi connectivity index (χ1n) is 8.94. The molecule has 2 aromatic carbocycles. The summed E-state index contributed by atoms with van der Waals surface area (Å²) in [5.41, 5.74) is 2.18. The minimum atomic E-state index is -0.409. The Hall–Kier alpha value is -2.82. The molecule has 0 spiro atoms. The van der Waals surface area contributed by atoms with Gasteiger partial charge < -0.3 is 15.0 Å². The van der Waals surface area contributed by atoms with Crippen molar-refractivity contribution < 1.29 is 14.3 Å². The lowest BCUT2D eigenvalue weighted by atomic mass is 10.2. The van der Waals surface area contributed by atoms with E-state index in [4.69, 9.17) is 4.74 Å². The fourth-order valence-corrected chi connectivity index (χ4v) is 3.10. The first-order valence-corrected chi connectivity index (χ1v) is 8.94. The lowest BCUT2D eigenvalue weighted by molar-refractivity contribution is -0.140. The lowest BCUT2D eigenvalue weighted by Gasteiger charge is -2.24. The molecule has 0 bridgehead atoms. The highest BCUT2D eigenvalue weighted by molar-refractivity contribution is 5.88. The van der Waals surface area contributed by atoms with Gasteiger partial charge in [-0.3, -0.25) is 9.59 Å². The Morgan fingerprint density at radius 1 is 1.12 bits per heavy atom. The van der Waals surface area contributed by atoms with Crippen molar-refractivity contribution in [3.8, 4) is 5.75 Å². The van der Waals surface area contributed by atoms with Crippen molar-refractivity contribution in [2.45, 2.75) is 32.4 Å². The summed E-state index contributed by atoms with van der Waals surface area (Å²) in [5.74, 6) is 0.409. The van der Waals surface area contributed by atoms with Gasteiger partial charge in [-0.2, -0.15) is 0 Å². The minimum absolute atomic E-state index is 0.0501. The molecular formula is C21H24N2O3. The summed E-state index contributed by atoms with van der Waals surface area (Å²) in [6.07, 6.45) is 1.52. The number of nitrogens with zero attached hydrogens (tertiary/aromatic N) is 1. The van der Waals surface area contributed by atoms with Gasteiger partial charge in [-0.1, -0.05) is 48.0 Å². The van der Waals surface area contributed by atoms with Crippen LogP contribution in [-0.4, -0.2) is 35.9 Å². The predicted molar refractivity (Wildman–Crippen MR) is 99.7 cm³/mol. The molecule has 0 aromatic heterocycles. The average Bonchev–Trinajstić information content (AvgIpc) is 3.16. The summed E-state index contributed by atoms with van der Waals surface area (Å²) in [5, 5.41) is 2.93. The number of likely N-dealkylation sites (tertiary alicyclic amines) is 1. The molecule has 1 atom stereocenters. The van der Waals surface area contributed by atoms with Crippen molar-refractivity contribution in [1.82, 2.24) is 10.2 Å². The van der Waals surface area contributed by atoms with Crippen molar-refractivity contribution >= 4 is 11.8 Å². The topological polar surface area (TPSA) is 58.6 Å². The lowest BCUT2D eigenvalue weighted by Crippen LogP contribution is -2.47. The Kier molecular flexibility index (Phi) is 5.89. The molecule has 0 unspecified atom stereocenters. The van der Waals surface area contributed by atoms with Crippen LogP contribution in [-0.2, 0) is 16.1 Å². The molecule has 3 rings (SSSR count). The molecule has 1 heterocycles. The molecule has 1 N–H and O–H groups in total. The van der Waals surface area contributed by atoms with E-state index in [1.54, 1.807) is 4.90 Å². The Morgan fingerprint density at radius 2 is 1.85 bits per heavy atom. The Balaban J connectivity index is 1.52. The highest BCUT2D eigenvalue weighted by Crippen LogP contribution is 2.19. The van der Waals surface area contributed by atoms with Crippen LogP contribution in [0.2, 0.25) is 0 Å². The standard InChI is InChI=1S/C21H24N2O3/c1-16-9-11-18(12-10-16)26-15-20(24)23-13-5-8-19(23)21(25)22-14-17-6-3-2-4-7-17/h2-4,6-7,9-12,19H,5,8,13-15H2,1H3,(H,22,25)/t19-/m0/s1. The van der Waals surface area contributed by atoms with Gasteiger partial charge in [0.25, 0.3) is 5.91 Å². The van der Waals surface area contributed by atoms with Crippen LogP contribution in [0.25, 0.3) is 0 Å². The van der Waals surface area contributed by atoms with Gasteiger partial charge in [-0.15, -0.1) is 0 Å². The van der Waals surface area contributed by atoms with Gasteiger partial charge in [-0.25, -0.2) is 0 Å². The number of rotatable bonds is 6. The number of nitrogens with one attached hydrogen (secondary N) is 1. The number of hydrogen-bond acceptors (Lipinski definition) is 3. The highest BCUT2D eigenvalue weighted by atomic mass is 16.5. The smallest absolute Gasteiger partial charge is 0.261 e. The summed E-state index contributed by atoms with van der Waals surface area (Å²) in [7, 11) is 0. The van der Waals surface area contributed by atoms with Crippen molar-refractivity contribution in [2.24, 2.45) is 0 Å². The number of amides is 2. The Labute approximate surface area is 154 Å². The van der Waals surface area contributed by atoms with Crippen LogP contribution in [0, 0.1) is 6.92 Å². The minimum Gasteiger partial charge on any atom is -0.484 e. The molecule has 5 nitrogen and oxygen atoms in total. The number of hydrogen-bond donors (Lipinski definition) is 1. The third-order valence-electron chi connectivity index (χ3n) is 4.57. The highest BCUT2D eigenvalue weighted by Gasteiger charge is 2.33. The van der Waals surface area contributed by atoms with Crippen LogP contribution in [0.5, 0.6) is 5.75 Å². The zero-order valence-corrected chi connectivity index (χ0v) is 15.0. The van der Waals surface area contributed by atoms with Crippen molar-refractivity contribution in [1.29, 1.82) is 0 Å². The quantitative estimate of drug-likeness (QED) is 0.870. The summed E-state index contributed by atoms with van der Waals surface area (Å²) in [4.78, 5) is 26.6. The van der Waals surface area contributed by atoms with Crippen LogP contribution in [0.3, 0.4) is 0 Å². The van der Waals surface area contributed by atoms with E-state index in [0.29, 0.717) is 25.3 Å². The van der Waals surface area contributed by atoms with Crippen LogP contribution in [0.15, 0.2) is 54.6 Å². The van der Waals surface area contributed by atoms with Gasteiger partial charge in [0.15, 0.2) is 6.61 Å². The van der Waals surface area contributed by atoms with Crippen LogP contribution in [0.1, 0.15) is 24.0 Å². The van der Waals surface area contributed by atoms with Crippen LogP contribution in [0.4, 0.5) is 0 Å². The normalized spacial score (nSPS) is 16.3. The van der Waals surface area contributed by atoms with E-state index in [2.05, 4.69) is 5.32 Å². The van der Waals surface area contributed by atoms with Gasteiger partial charge in [0.1, 0.15) is 11.8 Å². The molecule has 5 heteroatoms. The zero-order chi connectivity index (χ0) is 18.4. The molecule has 2 amide bonds. The third kappa shape index (κ3) is 4.63. The van der Waals surface area contributed by atoms with Gasteiger partial charge in [0.05, 0.1) is 0 Å². The molecule has 2 aromatic rings. The maximum absolute atomic E-state index is 12.5. The first-order chi connectivity index (χ1) is 12.6. The molecule has 0 radical (unpaired) electrons. The molecule has 1 aliphatic rings.